The van der Waals surface area contributed by atoms with E-state index in [1.165, 1.54) is 33.5 Å². The predicted octanol–water partition coefficient (Wildman–Crippen LogP) is 9.31. The summed E-state index contributed by atoms with van der Waals surface area (Å²) in [6, 6.07) is 29.6. The maximum Gasteiger partial charge on any atom is 0.126 e. The van der Waals surface area contributed by atoms with E-state index in [4.69, 9.17) is 0 Å². The first-order chi connectivity index (χ1) is 17.7. The maximum atomic E-state index is 14.5. The van der Waals surface area contributed by atoms with Crippen molar-refractivity contribution in [2.24, 2.45) is 0 Å². The highest BCUT2D eigenvalue weighted by Gasteiger charge is 2.16. The quantitative estimate of drug-likeness (QED) is 0.245. The molecule has 0 bridgehead atoms. The first kappa shape index (κ1) is 26.7. The summed E-state index contributed by atoms with van der Waals surface area (Å²) in [5, 5.41) is 3.83. The Hall–Kier alpha value is -3.39. The van der Waals surface area contributed by atoms with E-state index in [1.807, 2.05) is 13.0 Å². The van der Waals surface area contributed by atoms with Gasteiger partial charge in [-0.1, -0.05) is 94.4 Å². The minimum atomic E-state index is -0.107. The Morgan fingerprint density at radius 3 is 2.08 bits per heavy atom. The van der Waals surface area contributed by atoms with E-state index in [2.05, 4.69) is 99.7 Å². The van der Waals surface area contributed by atoms with Crippen LogP contribution in [0.5, 0.6) is 0 Å². The van der Waals surface area contributed by atoms with Crippen LogP contribution in [0.15, 0.2) is 84.9 Å². The van der Waals surface area contributed by atoms with Crippen LogP contribution in [0.3, 0.4) is 0 Å². The highest BCUT2D eigenvalue weighted by Crippen LogP contribution is 2.32. The van der Waals surface area contributed by atoms with Crippen LogP contribution >= 0.6 is 0 Å². The number of benzene rings is 4. The van der Waals surface area contributed by atoms with Gasteiger partial charge in [0.2, 0.25) is 0 Å². The molecule has 192 valence electrons. The molecular weight excluding hydrogens is 453 g/mol. The minimum Gasteiger partial charge on any atom is -0.355 e. The van der Waals surface area contributed by atoms with Crippen molar-refractivity contribution >= 4 is 11.4 Å². The molecule has 0 aromatic heterocycles. The summed E-state index contributed by atoms with van der Waals surface area (Å²) < 4.78 is 14.5. The molecule has 0 atom stereocenters. The Labute approximate surface area is 222 Å². The number of halogens is 1. The Bertz CT molecular complexity index is 1310. The number of rotatable bonds is 9. The van der Waals surface area contributed by atoms with Crippen LogP contribution in [-0.4, -0.2) is 0 Å². The molecule has 37 heavy (non-hydrogen) atoms. The zero-order chi connectivity index (χ0) is 26.4. The number of nitrogens with one attached hydrogen (secondary N) is 1. The predicted molar refractivity (Wildman–Crippen MR) is 157 cm³/mol. The third kappa shape index (κ3) is 6.89. The van der Waals surface area contributed by atoms with E-state index in [0.717, 1.165) is 42.5 Å². The number of hydrogen-bond acceptors (Lipinski definition) is 1. The molecule has 0 aliphatic heterocycles. The van der Waals surface area contributed by atoms with Crippen molar-refractivity contribution in [2.75, 3.05) is 5.32 Å². The summed E-state index contributed by atoms with van der Waals surface area (Å²) in [6.07, 6.45) is 4.42. The Kier molecular flexibility index (Phi) is 8.48. The van der Waals surface area contributed by atoms with Gasteiger partial charge in [0.25, 0.3) is 0 Å². The van der Waals surface area contributed by atoms with Gasteiger partial charge in [-0.15, -0.1) is 0 Å². The van der Waals surface area contributed by atoms with Gasteiger partial charge in [-0.3, -0.25) is 0 Å². The number of aryl methyl sites for hydroxylation is 5. The van der Waals surface area contributed by atoms with Gasteiger partial charge in [0, 0.05) is 11.4 Å². The largest absolute Gasteiger partial charge is 0.355 e. The van der Waals surface area contributed by atoms with Crippen LogP contribution in [0.1, 0.15) is 66.6 Å². The molecule has 0 unspecified atom stereocenters. The molecule has 2 heteroatoms. The molecule has 4 aromatic carbocycles. The molecular formula is C35H40FN. The standard InChI is InChI=1S/C35H40FN/c1-6-28-20-21-30(35(3,4)5)24-34(28)37-33-23-27(17-22-31-25(2)11-10-14-32(31)36)16-19-29(33)18-15-26-12-8-7-9-13-26/h7-14,16,19-21,23-24,37H,6,15,17-18,22H2,1-5H3. The van der Waals surface area contributed by atoms with Crippen molar-refractivity contribution in [3.63, 3.8) is 0 Å². The SMILES string of the molecule is CCc1ccc(C(C)(C)C)cc1Nc1cc(CCc2c(C)cccc2F)ccc1CCc1ccccc1. The van der Waals surface area contributed by atoms with Crippen LogP contribution in [0, 0.1) is 12.7 Å². The number of hydrogen-bond donors (Lipinski definition) is 1. The normalized spacial score (nSPS) is 11.5. The van der Waals surface area contributed by atoms with Crippen molar-refractivity contribution in [3.8, 4) is 0 Å². The van der Waals surface area contributed by atoms with Crippen molar-refractivity contribution in [2.45, 2.75) is 72.1 Å². The third-order valence-corrected chi connectivity index (χ3v) is 7.34. The fraction of sp³-hybridized carbons (Fsp3) is 0.314. The van der Waals surface area contributed by atoms with Crippen molar-refractivity contribution in [1.82, 2.24) is 0 Å². The fourth-order valence-electron chi connectivity index (χ4n) is 4.90. The number of anilines is 2. The minimum absolute atomic E-state index is 0.0817. The highest BCUT2D eigenvalue weighted by molar-refractivity contribution is 5.68. The van der Waals surface area contributed by atoms with Gasteiger partial charge in [0.1, 0.15) is 5.82 Å². The second-order valence-corrected chi connectivity index (χ2v) is 11.1. The van der Waals surface area contributed by atoms with Gasteiger partial charge in [-0.05, 0) is 102 Å². The molecule has 0 amide bonds. The molecule has 4 rings (SSSR count). The average molecular weight is 494 g/mol. The topological polar surface area (TPSA) is 12.0 Å². The summed E-state index contributed by atoms with van der Waals surface area (Å²) in [5.74, 6) is -0.107. The van der Waals surface area contributed by atoms with Gasteiger partial charge < -0.3 is 5.32 Å². The summed E-state index contributed by atoms with van der Waals surface area (Å²) in [7, 11) is 0. The third-order valence-electron chi connectivity index (χ3n) is 7.34. The van der Waals surface area contributed by atoms with E-state index in [1.54, 1.807) is 12.1 Å². The van der Waals surface area contributed by atoms with Crippen LogP contribution in [-0.2, 0) is 37.5 Å². The Balaban J connectivity index is 1.65. The molecule has 0 saturated heterocycles. The first-order valence-electron chi connectivity index (χ1n) is 13.5. The lowest BCUT2D eigenvalue weighted by Crippen LogP contribution is -2.12. The Morgan fingerprint density at radius 2 is 1.38 bits per heavy atom. The molecule has 0 fully saturated rings. The first-order valence-corrected chi connectivity index (χ1v) is 13.5. The maximum absolute atomic E-state index is 14.5. The van der Waals surface area contributed by atoms with E-state index in [0.29, 0.717) is 6.42 Å². The monoisotopic (exact) mass is 493 g/mol. The zero-order valence-electron chi connectivity index (χ0n) is 23.0. The van der Waals surface area contributed by atoms with E-state index in [-0.39, 0.29) is 11.2 Å². The van der Waals surface area contributed by atoms with Crippen molar-refractivity contribution in [3.05, 3.63) is 130 Å². The summed E-state index contributed by atoms with van der Waals surface area (Å²) in [5.41, 5.74) is 10.8. The van der Waals surface area contributed by atoms with Crippen LogP contribution < -0.4 is 5.32 Å². The molecule has 1 nitrogen and oxygen atoms in total. The molecule has 0 heterocycles. The van der Waals surface area contributed by atoms with Crippen LogP contribution in [0.25, 0.3) is 0 Å². The van der Waals surface area contributed by atoms with Gasteiger partial charge >= 0.3 is 0 Å². The lowest BCUT2D eigenvalue weighted by atomic mass is 9.86. The van der Waals surface area contributed by atoms with Crippen LogP contribution in [0.2, 0.25) is 0 Å². The van der Waals surface area contributed by atoms with Gasteiger partial charge in [-0.2, -0.15) is 0 Å². The molecule has 0 radical (unpaired) electrons. The second-order valence-electron chi connectivity index (χ2n) is 11.1. The molecule has 4 aromatic rings. The fourth-order valence-corrected chi connectivity index (χ4v) is 4.90. The smallest absolute Gasteiger partial charge is 0.126 e. The van der Waals surface area contributed by atoms with Gasteiger partial charge in [0.15, 0.2) is 0 Å². The summed E-state index contributed by atoms with van der Waals surface area (Å²) in [6.45, 7) is 11.0. The van der Waals surface area contributed by atoms with E-state index >= 15 is 0 Å². The Morgan fingerprint density at radius 1 is 0.676 bits per heavy atom. The lowest BCUT2D eigenvalue weighted by molar-refractivity contribution is 0.590. The van der Waals surface area contributed by atoms with Crippen molar-refractivity contribution < 1.29 is 4.39 Å². The summed E-state index contributed by atoms with van der Waals surface area (Å²) >= 11 is 0. The molecule has 0 aliphatic rings. The molecule has 0 aliphatic carbocycles. The average Bonchev–Trinajstić information content (AvgIpc) is 2.88. The van der Waals surface area contributed by atoms with Crippen molar-refractivity contribution in [1.29, 1.82) is 0 Å². The van der Waals surface area contributed by atoms with E-state index < -0.39 is 0 Å². The highest BCUT2D eigenvalue weighted by atomic mass is 19.1. The molecule has 1 N–H and O–H groups in total. The zero-order valence-corrected chi connectivity index (χ0v) is 23.0. The van der Waals surface area contributed by atoms with Gasteiger partial charge in [-0.25, -0.2) is 4.39 Å². The lowest BCUT2D eigenvalue weighted by Gasteiger charge is -2.23. The van der Waals surface area contributed by atoms with Gasteiger partial charge in [0.05, 0.1) is 0 Å². The van der Waals surface area contributed by atoms with Crippen LogP contribution in [0.4, 0.5) is 15.8 Å². The second kappa shape index (κ2) is 11.8. The summed E-state index contributed by atoms with van der Waals surface area (Å²) in [4.78, 5) is 0. The molecule has 0 saturated carbocycles. The molecule has 0 spiro atoms. The van der Waals surface area contributed by atoms with E-state index in [9.17, 15) is 4.39 Å².